The van der Waals surface area contributed by atoms with Gasteiger partial charge in [0, 0.05) is 11.1 Å². The molecular formula is C29H31NO. The number of hydrogen-bond donors (Lipinski definition) is 0. The molecule has 0 aromatic heterocycles. The highest BCUT2D eigenvalue weighted by molar-refractivity contribution is 5.85. The number of hydrogen-bond acceptors (Lipinski definition) is 2. The Bertz CT molecular complexity index is 1060. The van der Waals surface area contributed by atoms with Crippen LogP contribution in [-0.2, 0) is 0 Å². The Labute approximate surface area is 186 Å². The lowest BCUT2D eigenvalue weighted by Gasteiger charge is -2.06. The third-order valence-electron chi connectivity index (χ3n) is 5.44. The molecule has 0 heterocycles. The molecular weight excluding hydrogens is 378 g/mol. The molecule has 0 aliphatic rings. The van der Waals surface area contributed by atoms with Gasteiger partial charge < -0.3 is 4.74 Å². The SMILES string of the molecule is CCCCCCCCCCOc1ccc(C#Cc2ccc3cc(C#N)ccc3c2)cc1. The van der Waals surface area contributed by atoms with Crippen LogP contribution in [0.25, 0.3) is 10.8 Å². The van der Waals surface area contributed by atoms with Crippen LogP contribution in [0.15, 0.2) is 60.7 Å². The molecule has 3 rings (SSSR count). The van der Waals surface area contributed by atoms with E-state index < -0.39 is 0 Å². The average Bonchev–Trinajstić information content (AvgIpc) is 2.82. The smallest absolute Gasteiger partial charge is 0.119 e. The Hall–Kier alpha value is -3.23. The van der Waals surface area contributed by atoms with Crippen LogP contribution in [0, 0.1) is 23.2 Å². The molecule has 0 saturated carbocycles. The van der Waals surface area contributed by atoms with Crippen LogP contribution in [0.4, 0.5) is 0 Å². The van der Waals surface area contributed by atoms with Crippen molar-refractivity contribution in [3.63, 3.8) is 0 Å². The largest absolute Gasteiger partial charge is 0.494 e. The van der Waals surface area contributed by atoms with Crippen LogP contribution < -0.4 is 4.74 Å². The van der Waals surface area contributed by atoms with Crippen molar-refractivity contribution >= 4 is 10.8 Å². The van der Waals surface area contributed by atoms with E-state index in [1.807, 2.05) is 54.6 Å². The van der Waals surface area contributed by atoms with E-state index in [4.69, 9.17) is 10.00 Å². The number of ether oxygens (including phenoxy) is 1. The summed E-state index contributed by atoms with van der Waals surface area (Å²) in [7, 11) is 0. The van der Waals surface area contributed by atoms with Gasteiger partial charge in [-0.1, -0.05) is 75.8 Å². The van der Waals surface area contributed by atoms with Crippen molar-refractivity contribution < 1.29 is 4.74 Å². The highest BCUT2D eigenvalue weighted by atomic mass is 16.5. The van der Waals surface area contributed by atoms with Crippen molar-refractivity contribution in [2.45, 2.75) is 58.3 Å². The van der Waals surface area contributed by atoms with Crippen molar-refractivity contribution in [1.82, 2.24) is 0 Å². The molecule has 158 valence electrons. The van der Waals surface area contributed by atoms with Gasteiger partial charge in [0.1, 0.15) is 5.75 Å². The summed E-state index contributed by atoms with van der Waals surface area (Å²) in [6.07, 6.45) is 10.5. The molecule has 3 aromatic rings. The van der Waals surface area contributed by atoms with Crippen LogP contribution >= 0.6 is 0 Å². The maximum absolute atomic E-state index is 9.02. The normalized spacial score (nSPS) is 10.3. The summed E-state index contributed by atoms with van der Waals surface area (Å²) in [5.41, 5.74) is 2.61. The van der Waals surface area contributed by atoms with Gasteiger partial charge in [-0.3, -0.25) is 0 Å². The lowest BCUT2D eigenvalue weighted by atomic mass is 10.0. The second-order valence-electron chi connectivity index (χ2n) is 7.99. The number of nitrogens with zero attached hydrogens (tertiary/aromatic N) is 1. The van der Waals surface area contributed by atoms with Crippen LogP contribution in [0.3, 0.4) is 0 Å². The fourth-order valence-corrected chi connectivity index (χ4v) is 3.60. The molecule has 0 spiro atoms. The first kappa shape index (κ1) is 22.5. The number of fused-ring (bicyclic) bond motifs is 1. The summed E-state index contributed by atoms with van der Waals surface area (Å²) in [4.78, 5) is 0. The molecule has 0 radical (unpaired) electrons. The van der Waals surface area contributed by atoms with Gasteiger partial charge in [-0.2, -0.15) is 5.26 Å². The van der Waals surface area contributed by atoms with E-state index in [9.17, 15) is 0 Å². The first-order valence-electron chi connectivity index (χ1n) is 11.5. The Morgan fingerprint density at radius 1 is 0.645 bits per heavy atom. The Morgan fingerprint density at radius 2 is 1.19 bits per heavy atom. The fourth-order valence-electron chi connectivity index (χ4n) is 3.60. The third-order valence-corrected chi connectivity index (χ3v) is 5.44. The van der Waals surface area contributed by atoms with E-state index in [0.29, 0.717) is 5.56 Å². The van der Waals surface area contributed by atoms with Gasteiger partial charge >= 0.3 is 0 Å². The van der Waals surface area contributed by atoms with E-state index in [0.717, 1.165) is 40.7 Å². The van der Waals surface area contributed by atoms with Crippen LogP contribution in [0.5, 0.6) is 5.75 Å². The predicted molar refractivity (Wildman–Crippen MR) is 129 cm³/mol. The minimum absolute atomic E-state index is 0.677. The van der Waals surface area contributed by atoms with Crippen LogP contribution in [-0.4, -0.2) is 6.61 Å². The molecule has 0 aliphatic heterocycles. The summed E-state index contributed by atoms with van der Waals surface area (Å²) in [6.45, 7) is 3.04. The number of nitriles is 1. The second-order valence-corrected chi connectivity index (χ2v) is 7.99. The maximum atomic E-state index is 9.02. The van der Waals surface area contributed by atoms with E-state index >= 15 is 0 Å². The summed E-state index contributed by atoms with van der Waals surface area (Å²) in [5, 5.41) is 11.2. The molecule has 31 heavy (non-hydrogen) atoms. The highest BCUT2D eigenvalue weighted by Gasteiger charge is 1.98. The Morgan fingerprint density at radius 3 is 1.87 bits per heavy atom. The van der Waals surface area contributed by atoms with E-state index in [2.05, 4.69) is 30.9 Å². The van der Waals surface area contributed by atoms with Gasteiger partial charge in [-0.15, -0.1) is 0 Å². The van der Waals surface area contributed by atoms with E-state index in [1.165, 1.54) is 44.9 Å². The van der Waals surface area contributed by atoms with Crippen molar-refractivity contribution in [2.75, 3.05) is 6.61 Å². The summed E-state index contributed by atoms with van der Waals surface area (Å²) in [6, 6.07) is 22.0. The van der Waals surface area contributed by atoms with Crippen molar-refractivity contribution in [2.24, 2.45) is 0 Å². The van der Waals surface area contributed by atoms with Gasteiger partial charge in [-0.05, 0) is 65.7 Å². The Kier molecular flexibility index (Phi) is 9.03. The minimum atomic E-state index is 0.677. The molecule has 0 atom stereocenters. The maximum Gasteiger partial charge on any atom is 0.119 e. The summed E-state index contributed by atoms with van der Waals surface area (Å²) in [5.74, 6) is 7.36. The first-order chi connectivity index (χ1) is 15.3. The molecule has 0 unspecified atom stereocenters. The van der Waals surface area contributed by atoms with Gasteiger partial charge in [-0.25, -0.2) is 0 Å². The van der Waals surface area contributed by atoms with Crippen molar-refractivity contribution in [3.8, 4) is 23.7 Å². The monoisotopic (exact) mass is 409 g/mol. The van der Waals surface area contributed by atoms with Crippen molar-refractivity contribution in [3.05, 3.63) is 77.4 Å². The lowest BCUT2D eigenvalue weighted by Crippen LogP contribution is -1.97. The zero-order valence-corrected chi connectivity index (χ0v) is 18.5. The lowest BCUT2D eigenvalue weighted by molar-refractivity contribution is 0.304. The molecule has 2 heteroatoms. The van der Waals surface area contributed by atoms with Crippen LogP contribution in [0.2, 0.25) is 0 Å². The number of unbranched alkanes of at least 4 members (excludes halogenated alkanes) is 7. The molecule has 0 saturated heterocycles. The van der Waals surface area contributed by atoms with Gasteiger partial charge in [0.05, 0.1) is 18.2 Å². The molecule has 0 N–H and O–H groups in total. The molecule has 3 aromatic carbocycles. The second kappa shape index (κ2) is 12.5. The summed E-state index contributed by atoms with van der Waals surface area (Å²) < 4.78 is 5.86. The summed E-state index contributed by atoms with van der Waals surface area (Å²) >= 11 is 0. The van der Waals surface area contributed by atoms with Gasteiger partial charge in [0.2, 0.25) is 0 Å². The molecule has 2 nitrogen and oxygen atoms in total. The number of rotatable bonds is 10. The van der Waals surface area contributed by atoms with Crippen molar-refractivity contribution in [1.29, 1.82) is 5.26 Å². The van der Waals surface area contributed by atoms with Gasteiger partial charge in [0.25, 0.3) is 0 Å². The van der Waals surface area contributed by atoms with E-state index in [1.54, 1.807) is 0 Å². The Balaban J connectivity index is 1.44. The van der Waals surface area contributed by atoms with E-state index in [-0.39, 0.29) is 0 Å². The average molecular weight is 410 g/mol. The minimum Gasteiger partial charge on any atom is -0.494 e. The van der Waals surface area contributed by atoms with Crippen LogP contribution in [0.1, 0.15) is 75.0 Å². The molecule has 0 aliphatic carbocycles. The zero-order chi connectivity index (χ0) is 21.7. The quantitative estimate of drug-likeness (QED) is 0.255. The molecule has 0 amide bonds. The number of benzene rings is 3. The molecule has 0 bridgehead atoms. The fraction of sp³-hybridized carbons (Fsp3) is 0.345. The third kappa shape index (κ3) is 7.51. The zero-order valence-electron chi connectivity index (χ0n) is 18.5. The van der Waals surface area contributed by atoms with Gasteiger partial charge in [0.15, 0.2) is 0 Å². The first-order valence-corrected chi connectivity index (χ1v) is 11.5. The standard InChI is InChI=1S/C29H31NO/c1-2-3-4-5-6-7-8-9-20-31-29-18-14-24(15-19-29)10-11-25-12-16-28-22-26(23-30)13-17-27(28)21-25/h12-19,21-22H,2-9,20H2,1H3. The molecule has 0 fully saturated rings. The topological polar surface area (TPSA) is 33.0 Å². The predicted octanol–water partition coefficient (Wildman–Crippen LogP) is 7.63. The highest BCUT2D eigenvalue weighted by Crippen LogP contribution is 2.18.